The quantitative estimate of drug-likeness (QED) is 0.692. The Bertz CT molecular complexity index is 1070. The zero-order chi connectivity index (χ0) is 18.6. The lowest BCUT2D eigenvalue weighted by molar-refractivity contribution is -0.141. The molecule has 3 aromatic rings. The van der Waals surface area contributed by atoms with Gasteiger partial charge in [0.25, 0.3) is 5.56 Å². The van der Waals surface area contributed by atoms with E-state index >= 15 is 0 Å². The van der Waals surface area contributed by atoms with Gasteiger partial charge in [-0.05, 0) is 31.4 Å². The van der Waals surface area contributed by atoms with Gasteiger partial charge in [0.05, 0.1) is 12.2 Å². The highest BCUT2D eigenvalue weighted by Crippen LogP contribution is 2.41. The number of nitrogens with zero attached hydrogens (tertiary/aromatic N) is 4. The van der Waals surface area contributed by atoms with Crippen molar-refractivity contribution in [3.05, 3.63) is 62.4 Å². The summed E-state index contributed by atoms with van der Waals surface area (Å²) < 4.78 is 40.8. The van der Waals surface area contributed by atoms with Crippen LogP contribution in [0.2, 0.25) is 5.15 Å². The Morgan fingerprint density at radius 1 is 1.27 bits per heavy atom. The number of fused-ring (bicyclic) bond motifs is 1. The number of halogens is 4. The van der Waals surface area contributed by atoms with Crippen LogP contribution in [0.5, 0.6) is 0 Å². The van der Waals surface area contributed by atoms with Crippen molar-refractivity contribution in [2.45, 2.75) is 38.4 Å². The van der Waals surface area contributed by atoms with Gasteiger partial charge >= 0.3 is 6.18 Å². The second-order valence-electron chi connectivity index (χ2n) is 6.46. The largest absolute Gasteiger partial charge is 0.435 e. The van der Waals surface area contributed by atoms with Crippen molar-refractivity contribution in [2.75, 3.05) is 0 Å². The molecule has 0 aliphatic heterocycles. The number of pyridine rings is 1. The fraction of sp³-hybridized carbons (Fsp3) is 0.353. The molecule has 0 atom stereocenters. The molecule has 1 fully saturated rings. The van der Waals surface area contributed by atoms with E-state index in [0.29, 0.717) is 17.3 Å². The molecule has 1 aliphatic rings. The Kier molecular flexibility index (Phi) is 3.83. The lowest BCUT2D eigenvalue weighted by atomic mass is 10.1. The van der Waals surface area contributed by atoms with Crippen LogP contribution in [0.1, 0.15) is 41.4 Å². The summed E-state index contributed by atoms with van der Waals surface area (Å²) in [4.78, 5) is 17.0. The molecular weight excluding hydrogens is 369 g/mol. The highest BCUT2D eigenvalue weighted by molar-refractivity contribution is 6.29. The first-order chi connectivity index (χ1) is 12.2. The van der Waals surface area contributed by atoms with E-state index < -0.39 is 11.9 Å². The van der Waals surface area contributed by atoms with Gasteiger partial charge in [0.15, 0.2) is 5.69 Å². The summed E-state index contributed by atoms with van der Waals surface area (Å²) in [6, 6.07) is 5.72. The van der Waals surface area contributed by atoms with Gasteiger partial charge in [-0.25, -0.2) is 9.67 Å². The van der Waals surface area contributed by atoms with Crippen LogP contribution >= 0.6 is 11.6 Å². The zero-order valence-electron chi connectivity index (χ0n) is 13.7. The molecule has 4 rings (SSSR count). The molecule has 0 saturated heterocycles. The molecule has 0 bridgehead atoms. The molecule has 3 aromatic heterocycles. The topological polar surface area (TPSA) is 52.2 Å². The van der Waals surface area contributed by atoms with Crippen LogP contribution in [0.3, 0.4) is 0 Å². The smallest absolute Gasteiger partial charge is 0.269 e. The number of hydrogen-bond acceptors (Lipinski definition) is 3. The summed E-state index contributed by atoms with van der Waals surface area (Å²) >= 11 is 5.84. The molecule has 0 amide bonds. The van der Waals surface area contributed by atoms with Crippen LogP contribution in [-0.4, -0.2) is 19.2 Å². The third-order valence-electron chi connectivity index (χ3n) is 4.42. The van der Waals surface area contributed by atoms with E-state index in [4.69, 9.17) is 11.6 Å². The number of aryl methyl sites for hydroxylation is 1. The minimum absolute atomic E-state index is 0.118. The Labute approximate surface area is 151 Å². The van der Waals surface area contributed by atoms with Crippen molar-refractivity contribution >= 4 is 17.2 Å². The van der Waals surface area contributed by atoms with Crippen LogP contribution in [0.25, 0.3) is 5.65 Å². The van der Waals surface area contributed by atoms with Gasteiger partial charge in [-0.3, -0.25) is 9.20 Å². The highest BCUT2D eigenvalue weighted by atomic mass is 35.5. The van der Waals surface area contributed by atoms with Crippen molar-refractivity contribution in [3.8, 4) is 0 Å². The first-order valence-electron chi connectivity index (χ1n) is 8.07. The van der Waals surface area contributed by atoms with Crippen LogP contribution in [0.15, 0.2) is 29.1 Å². The van der Waals surface area contributed by atoms with Crippen molar-refractivity contribution < 1.29 is 13.2 Å². The van der Waals surface area contributed by atoms with Gasteiger partial charge < -0.3 is 0 Å². The molecule has 1 saturated carbocycles. The number of alkyl halides is 3. The van der Waals surface area contributed by atoms with E-state index in [-0.39, 0.29) is 17.3 Å². The molecule has 26 heavy (non-hydrogen) atoms. The summed E-state index contributed by atoms with van der Waals surface area (Å²) in [6.45, 7) is 1.84. The predicted molar refractivity (Wildman–Crippen MR) is 89.5 cm³/mol. The Balaban J connectivity index is 1.76. The molecule has 136 valence electrons. The predicted octanol–water partition coefficient (Wildman–Crippen LogP) is 3.80. The van der Waals surface area contributed by atoms with Crippen LogP contribution < -0.4 is 5.56 Å². The maximum Gasteiger partial charge on any atom is 0.435 e. The Hall–Kier alpha value is -2.35. The minimum atomic E-state index is -4.58. The number of rotatable bonds is 3. The summed E-state index contributed by atoms with van der Waals surface area (Å²) in [6.07, 6.45) is -2.50. The molecule has 0 N–H and O–H groups in total. The molecule has 3 heterocycles. The second kappa shape index (κ2) is 5.84. The van der Waals surface area contributed by atoms with Crippen molar-refractivity contribution in [1.82, 2.24) is 19.2 Å². The van der Waals surface area contributed by atoms with Gasteiger partial charge in [0.1, 0.15) is 10.8 Å². The zero-order valence-corrected chi connectivity index (χ0v) is 14.5. The lowest BCUT2D eigenvalue weighted by Crippen LogP contribution is -2.20. The normalized spacial score (nSPS) is 15.0. The molecular formula is C17H14ClF3N4O. The molecule has 1 aliphatic carbocycles. The summed E-state index contributed by atoms with van der Waals surface area (Å²) in [5.41, 5.74) is 1.44. The molecule has 0 aromatic carbocycles. The fourth-order valence-electron chi connectivity index (χ4n) is 3.10. The van der Waals surface area contributed by atoms with E-state index in [0.717, 1.165) is 34.8 Å². The number of hydrogen-bond donors (Lipinski definition) is 0. The molecule has 5 nitrogen and oxygen atoms in total. The third-order valence-corrected chi connectivity index (χ3v) is 4.73. The monoisotopic (exact) mass is 382 g/mol. The Morgan fingerprint density at radius 3 is 2.62 bits per heavy atom. The molecule has 0 radical (unpaired) electrons. The average molecular weight is 383 g/mol. The molecule has 0 unspecified atom stereocenters. The molecule has 0 spiro atoms. The summed E-state index contributed by atoms with van der Waals surface area (Å²) in [5.74, 6) is 0.360. The van der Waals surface area contributed by atoms with E-state index in [2.05, 4.69) is 10.1 Å². The van der Waals surface area contributed by atoms with Gasteiger partial charge in [0.2, 0.25) is 0 Å². The maximum atomic E-state index is 12.8. The summed E-state index contributed by atoms with van der Waals surface area (Å²) in [7, 11) is 0. The van der Waals surface area contributed by atoms with Crippen molar-refractivity contribution in [1.29, 1.82) is 0 Å². The Morgan fingerprint density at radius 2 is 2.00 bits per heavy atom. The van der Waals surface area contributed by atoms with Crippen LogP contribution in [0, 0.1) is 6.92 Å². The van der Waals surface area contributed by atoms with Gasteiger partial charge in [0, 0.05) is 23.7 Å². The van der Waals surface area contributed by atoms with E-state index in [9.17, 15) is 18.0 Å². The minimum Gasteiger partial charge on any atom is -0.269 e. The van der Waals surface area contributed by atoms with Crippen LogP contribution in [0.4, 0.5) is 13.2 Å². The maximum absolute atomic E-state index is 12.8. The van der Waals surface area contributed by atoms with E-state index in [1.807, 2.05) is 13.0 Å². The van der Waals surface area contributed by atoms with Gasteiger partial charge in [-0.2, -0.15) is 18.3 Å². The SMILES string of the molecule is Cc1ccc2nc(Cn3nc(C(F)(F)F)cc3Cl)cc(=O)n2c1C1CC1. The van der Waals surface area contributed by atoms with Gasteiger partial charge in [-0.15, -0.1) is 0 Å². The van der Waals surface area contributed by atoms with E-state index in [1.165, 1.54) is 6.07 Å². The molecule has 9 heteroatoms. The highest BCUT2D eigenvalue weighted by Gasteiger charge is 2.35. The second-order valence-corrected chi connectivity index (χ2v) is 6.85. The fourth-order valence-corrected chi connectivity index (χ4v) is 3.30. The average Bonchev–Trinajstić information content (AvgIpc) is 3.31. The van der Waals surface area contributed by atoms with Crippen LogP contribution in [-0.2, 0) is 12.7 Å². The van der Waals surface area contributed by atoms with Crippen molar-refractivity contribution in [3.63, 3.8) is 0 Å². The lowest BCUT2D eigenvalue weighted by Gasteiger charge is -2.12. The number of aromatic nitrogens is 4. The van der Waals surface area contributed by atoms with Crippen molar-refractivity contribution in [2.24, 2.45) is 0 Å². The standard InChI is InChI=1S/C17H14ClF3N4O/c1-9-2-5-14-22-11(6-15(26)25(14)16(9)10-3-4-10)8-24-13(18)7-12(23-24)17(19,20)21/h2,5-7,10H,3-4,8H2,1H3. The summed E-state index contributed by atoms with van der Waals surface area (Å²) in [5, 5.41) is 3.30. The first-order valence-corrected chi connectivity index (χ1v) is 8.44. The first kappa shape index (κ1) is 17.1. The van der Waals surface area contributed by atoms with E-state index in [1.54, 1.807) is 10.5 Å². The third kappa shape index (κ3) is 2.98. The van der Waals surface area contributed by atoms with Gasteiger partial charge in [-0.1, -0.05) is 17.7 Å².